The van der Waals surface area contributed by atoms with Crippen LogP contribution in [0.2, 0.25) is 5.02 Å². The van der Waals surface area contributed by atoms with Gasteiger partial charge in [0.05, 0.1) is 22.6 Å². The van der Waals surface area contributed by atoms with Gasteiger partial charge < -0.3 is 10.6 Å². The zero-order chi connectivity index (χ0) is 22.2. The highest BCUT2D eigenvalue weighted by Crippen LogP contribution is 2.39. The molecule has 5 nitrogen and oxygen atoms in total. The van der Waals surface area contributed by atoms with Crippen molar-refractivity contribution >= 4 is 51.9 Å². The minimum Gasteiger partial charge on any atom is -0.329 e. The molecule has 160 valence electrons. The molecule has 0 aliphatic carbocycles. The van der Waals surface area contributed by atoms with Crippen LogP contribution in [-0.4, -0.2) is 21.7 Å². The highest BCUT2D eigenvalue weighted by Gasteiger charge is 2.34. The number of allylic oxidation sites excluding steroid dienone is 1. The number of halogens is 1. The number of amides is 1. The van der Waals surface area contributed by atoms with E-state index in [9.17, 15) is 4.79 Å². The molecule has 1 aliphatic heterocycles. The highest BCUT2D eigenvalue weighted by molar-refractivity contribution is 7.98. The Morgan fingerprint density at radius 1 is 1.06 bits per heavy atom. The minimum atomic E-state index is -0.318. The lowest BCUT2D eigenvalue weighted by molar-refractivity contribution is -0.113. The molecule has 0 radical (unpaired) electrons. The number of nitrogens with zero attached hydrogens (tertiary/aromatic N) is 2. The summed E-state index contributed by atoms with van der Waals surface area (Å²) in [4.78, 5) is 19.5. The molecule has 0 fully saturated rings. The summed E-state index contributed by atoms with van der Waals surface area (Å²) in [6.07, 6.45) is 2.05. The lowest BCUT2D eigenvalue weighted by Crippen LogP contribution is -2.30. The molecule has 1 unspecified atom stereocenters. The van der Waals surface area contributed by atoms with Crippen LogP contribution in [0.4, 0.5) is 11.6 Å². The molecule has 32 heavy (non-hydrogen) atoms. The first-order valence-electron chi connectivity index (χ1n) is 10.2. The van der Waals surface area contributed by atoms with Gasteiger partial charge in [-0.1, -0.05) is 35.9 Å². The standard InChI is InChI=1S/C25H21ClN4OS/c1-15-22(24(31)28-18-11-9-17(26)10-12-18)23(16-7-13-19(32-2)14-8-16)30-21-6-4-3-5-20(21)29-25(30)27-15/h3-14,23H,1-2H3,(H,27,29)(H,28,31). The third-order valence-corrected chi connectivity index (χ3v) is 6.60. The zero-order valence-corrected chi connectivity index (χ0v) is 19.2. The minimum absolute atomic E-state index is 0.167. The van der Waals surface area contributed by atoms with Gasteiger partial charge in [0.25, 0.3) is 5.91 Å². The maximum Gasteiger partial charge on any atom is 0.255 e. The molecule has 0 saturated heterocycles. The Morgan fingerprint density at radius 3 is 2.50 bits per heavy atom. The molecular formula is C25H21ClN4OS. The van der Waals surface area contributed by atoms with E-state index in [4.69, 9.17) is 16.6 Å². The molecule has 1 aromatic heterocycles. The number of hydrogen-bond acceptors (Lipinski definition) is 4. The van der Waals surface area contributed by atoms with Crippen molar-refractivity contribution in [3.63, 3.8) is 0 Å². The van der Waals surface area contributed by atoms with E-state index in [1.807, 2.05) is 31.2 Å². The number of anilines is 2. The first-order valence-corrected chi connectivity index (χ1v) is 11.8. The average Bonchev–Trinajstić information content (AvgIpc) is 3.17. The summed E-state index contributed by atoms with van der Waals surface area (Å²) in [5.74, 6) is 0.561. The van der Waals surface area contributed by atoms with Crippen molar-refractivity contribution in [2.24, 2.45) is 0 Å². The average molecular weight is 461 g/mol. The van der Waals surface area contributed by atoms with E-state index >= 15 is 0 Å². The molecule has 3 aromatic carbocycles. The van der Waals surface area contributed by atoms with E-state index < -0.39 is 0 Å². The second-order valence-electron chi connectivity index (χ2n) is 7.59. The van der Waals surface area contributed by atoms with Gasteiger partial charge >= 0.3 is 0 Å². The van der Waals surface area contributed by atoms with Crippen LogP contribution in [0.3, 0.4) is 0 Å². The van der Waals surface area contributed by atoms with Crippen LogP contribution >= 0.6 is 23.4 Å². The maximum atomic E-state index is 13.6. The molecule has 5 rings (SSSR count). The molecule has 1 amide bonds. The van der Waals surface area contributed by atoms with Gasteiger partial charge in [0.15, 0.2) is 0 Å². The summed E-state index contributed by atoms with van der Waals surface area (Å²) < 4.78 is 2.10. The quantitative estimate of drug-likeness (QED) is 0.349. The second kappa shape index (κ2) is 8.37. The van der Waals surface area contributed by atoms with Crippen LogP contribution in [0.15, 0.2) is 89.0 Å². The Hall–Kier alpha value is -3.22. The molecule has 1 aliphatic rings. The smallest absolute Gasteiger partial charge is 0.255 e. The second-order valence-corrected chi connectivity index (χ2v) is 8.91. The van der Waals surface area contributed by atoms with Crippen molar-refractivity contribution in [3.8, 4) is 0 Å². The van der Waals surface area contributed by atoms with Crippen molar-refractivity contribution in [1.82, 2.24) is 9.55 Å². The van der Waals surface area contributed by atoms with Gasteiger partial charge in [-0.25, -0.2) is 4.98 Å². The third-order valence-electron chi connectivity index (χ3n) is 5.61. The van der Waals surface area contributed by atoms with Gasteiger partial charge in [0, 0.05) is 21.3 Å². The number of carbonyl (C=O) groups excluding carboxylic acids is 1. The summed E-state index contributed by atoms with van der Waals surface area (Å²) in [5.41, 5.74) is 4.99. The highest BCUT2D eigenvalue weighted by atomic mass is 35.5. The molecule has 7 heteroatoms. The van der Waals surface area contributed by atoms with E-state index in [1.54, 1.807) is 36.0 Å². The van der Waals surface area contributed by atoms with E-state index in [0.29, 0.717) is 16.3 Å². The van der Waals surface area contributed by atoms with Crippen molar-refractivity contribution in [2.45, 2.75) is 17.9 Å². The number of thioether (sulfide) groups is 1. The van der Waals surface area contributed by atoms with Gasteiger partial charge in [-0.2, -0.15) is 0 Å². The number of benzene rings is 3. The van der Waals surface area contributed by atoms with Gasteiger partial charge in [-0.15, -0.1) is 11.8 Å². The summed E-state index contributed by atoms with van der Waals surface area (Å²) in [5, 5.41) is 7.00. The fourth-order valence-corrected chi connectivity index (χ4v) is 4.63. The maximum absolute atomic E-state index is 13.6. The Labute approximate surface area is 195 Å². The van der Waals surface area contributed by atoms with E-state index in [1.165, 1.54) is 4.90 Å². The van der Waals surface area contributed by atoms with Crippen LogP contribution in [-0.2, 0) is 4.79 Å². The monoisotopic (exact) mass is 460 g/mol. The number of hydrogen-bond donors (Lipinski definition) is 2. The number of imidazole rings is 1. The Bertz CT molecular complexity index is 1340. The van der Waals surface area contributed by atoms with Crippen LogP contribution in [0.1, 0.15) is 18.5 Å². The van der Waals surface area contributed by atoms with Crippen LogP contribution in [0.25, 0.3) is 11.0 Å². The molecule has 2 heterocycles. The van der Waals surface area contributed by atoms with Crippen LogP contribution in [0.5, 0.6) is 0 Å². The van der Waals surface area contributed by atoms with Gasteiger partial charge in [0.1, 0.15) is 0 Å². The number of rotatable bonds is 4. The van der Waals surface area contributed by atoms with E-state index in [-0.39, 0.29) is 11.9 Å². The van der Waals surface area contributed by atoms with Crippen LogP contribution < -0.4 is 10.6 Å². The Balaban J connectivity index is 1.64. The first kappa shape index (κ1) is 20.7. The topological polar surface area (TPSA) is 59.0 Å². The lowest BCUT2D eigenvalue weighted by Gasteiger charge is -2.30. The largest absolute Gasteiger partial charge is 0.329 e. The summed E-state index contributed by atoms with van der Waals surface area (Å²) in [7, 11) is 0. The number of carbonyl (C=O) groups is 1. The van der Waals surface area contributed by atoms with Crippen molar-refractivity contribution in [1.29, 1.82) is 0 Å². The van der Waals surface area contributed by atoms with E-state index in [2.05, 4.69) is 45.7 Å². The SMILES string of the molecule is CSc1ccc(C2C(C(=O)Nc3ccc(Cl)cc3)=C(C)Nc3nc4ccccc4n32)cc1. The summed E-state index contributed by atoms with van der Waals surface area (Å²) in [6, 6.07) is 23.1. The predicted octanol–water partition coefficient (Wildman–Crippen LogP) is 6.34. The Kier molecular flexibility index (Phi) is 5.41. The van der Waals surface area contributed by atoms with Crippen LogP contribution in [0, 0.1) is 0 Å². The number of aromatic nitrogens is 2. The fraction of sp³-hybridized carbons (Fsp3) is 0.120. The molecular weight excluding hydrogens is 440 g/mol. The summed E-state index contributed by atoms with van der Waals surface area (Å²) >= 11 is 7.69. The molecule has 2 N–H and O–H groups in total. The predicted molar refractivity (Wildman–Crippen MR) is 132 cm³/mol. The Morgan fingerprint density at radius 2 is 1.78 bits per heavy atom. The van der Waals surface area contributed by atoms with Gasteiger partial charge in [-0.3, -0.25) is 9.36 Å². The van der Waals surface area contributed by atoms with Gasteiger partial charge in [0.2, 0.25) is 5.95 Å². The zero-order valence-electron chi connectivity index (χ0n) is 17.6. The number of nitrogens with one attached hydrogen (secondary N) is 2. The number of para-hydroxylation sites is 2. The molecule has 0 saturated carbocycles. The fourth-order valence-electron chi connectivity index (χ4n) is 4.09. The van der Waals surface area contributed by atoms with Crippen molar-refractivity contribution in [2.75, 3.05) is 16.9 Å². The molecule has 0 spiro atoms. The molecule has 1 atom stereocenters. The first-order chi connectivity index (χ1) is 15.5. The summed E-state index contributed by atoms with van der Waals surface area (Å²) in [6.45, 7) is 1.92. The van der Waals surface area contributed by atoms with Crippen molar-refractivity contribution in [3.05, 3.63) is 94.7 Å². The van der Waals surface area contributed by atoms with Gasteiger partial charge in [-0.05, 0) is 67.3 Å². The number of fused-ring (bicyclic) bond motifs is 3. The molecule has 4 aromatic rings. The normalized spacial score (nSPS) is 15.4. The van der Waals surface area contributed by atoms with E-state index in [0.717, 1.165) is 28.2 Å². The van der Waals surface area contributed by atoms with Crippen molar-refractivity contribution < 1.29 is 4.79 Å². The third kappa shape index (κ3) is 3.66. The lowest BCUT2D eigenvalue weighted by atomic mass is 9.94. The molecule has 0 bridgehead atoms.